The van der Waals surface area contributed by atoms with Crippen LogP contribution in [0.2, 0.25) is 0 Å². The van der Waals surface area contributed by atoms with Gasteiger partial charge in [-0.15, -0.1) is 0 Å². The third-order valence-electron chi connectivity index (χ3n) is 4.32. The zero-order chi connectivity index (χ0) is 12.4. The highest BCUT2D eigenvalue weighted by molar-refractivity contribution is 5.26. The van der Waals surface area contributed by atoms with Gasteiger partial charge in [0.25, 0.3) is 0 Å². The molecule has 1 aliphatic rings. The van der Waals surface area contributed by atoms with Crippen molar-refractivity contribution in [2.75, 3.05) is 0 Å². The molecule has 1 fully saturated rings. The molecule has 2 rings (SSSR count). The quantitative estimate of drug-likeness (QED) is 0.803. The summed E-state index contributed by atoms with van der Waals surface area (Å²) in [6, 6.07) is 8.55. The fraction of sp³-hybridized carbons (Fsp3) is 0.625. The maximum Gasteiger partial charge on any atom is 0.0818 e. The van der Waals surface area contributed by atoms with Crippen LogP contribution in [0.1, 0.15) is 63.2 Å². The van der Waals surface area contributed by atoms with Gasteiger partial charge in [-0.2, -0.15) is 0 Å². The second-order valence-electron chi connectivity index (χ2n) is 5.62. The van der Waals surface area contributed by atoms with Crippen molar-refractivity contribution in [2.45, 2.75) is 52.1 Å². The van der Waals surface area contributed by atoms with Gasteiger partial charge in [-0.25, -0.2) is 0 Å². The first-order valence-corrected chi connectivity index (χ1v) is 6.91. The van der Waals surface area contributed by atoms with Crippen LogP contribution in [0.3, 0.4) is 0 Å². The van der Waals surface area contributed by atoms with Crippen LogP contribution in [0.15, 0.2) is 24.3 Å². The van der Waals surface area contributed by atoms with Crippen LogP contribution in [0, 0.1) is 11.8 Å². The Labute approximate surface area is 105 Å². The first kappa shape index (κ1) is 12.6. The molecular formula is C16H24O. The molecule has 0 spiro atoms. The predicted molar refractivity (Wildman–Crippen MR) is 72.0 cm³/mol. The molecule has 94 valence electrons. The highest BCUT2D eigenvalue weighted by Crippen LogP contribution is 2.42. The van der Waals surface area contributed by atoms with Crippen molar-refractivity contribution < 1.29 is 5.11 Å². The third kappa shape index (κ3) is 2.90. The Bertz CT molecular complexity index is 350. The van der Waals surface area contributed by atoms with E-state index in [1.54, 1.807) is 0 Å². The van der Waals surface area contributed by atoms with E-state index in [4.69, 9.17) is 0 Å². The van der Waals surface area contributed by atoms with Crippen LogP contribution in [0.4, 0.5) is 0 Å². The summed E-state index contributed by atoms with van der Waals surface area (Å²) in [5.41, 5.74) is 2.46. The van der Waals surface area contributed by atoms with E-state index < -0.39 is 0 Å². The van der Waals surface area contributed by atoms with Crippen molar-refractivity contribution in [3.63, 3.8) is 0 Å². The van der Waals surface area contributed by atoms with Gasteiger partial charge in [0.05, 0.1) is 6.10 Å². The average molecular weight is 232 g/mol. The molecule has 1 nitrogen and oxygen atoms in total. The minimum absolute atomic E-state index is 0.284. The molecule has 0 heterocycles. The minimum atomic E-state index is -0.284. The summed E-state index contributed by atoms with van der Waals surface area (Å²) in [6.07, 6.45) is 3.47. The van der Waals surface area contributed by atoms with Crippen molar-refractivity contribution in [3.05, 3.63) is 35.4 Å². The number of aliphatic hydroxyl groups excluding tert-OH is 1. The van der Waals surface area contributed by atoms with Crippen LogP contribution < -0.4 is 0 Å². The largest absolute Gasteiger partial charge is 0.388 e. The van der Waals surface area contributed by atoms with Crippen molar-refractivity contribution in [1.29, 1.82) is 0 Å². The van der Waals surface area contributed by atoms with E-state index in [-0.39, 0.29) is 6.10 Å². The van der Waals surface area contributed by atoms with Crippen LogP contribution in [0.25, 0.3) is 0 Å². The summed E-state index contributed by atoms with van der Waals surface area (Å²) in [5.74, 6) is 1.77. The zero-order valence-electron chi connectivity index (χ0n) is 11.2. The van der Waals surface area contributed by atoms with Crippen LogP contribution in [-0.4, -0.2) is 5.11 Å². The lowest BCUT2D eigenvalue weighted by atomic mass is 9.91. The van der Waals surface area contributed by atoms with E-state index in [1.807, 2.05) is 0 Å². The molecule has 0 saturated heterocycles. The lowest BCUT2D eigenvalue weighted by molar-refractivity contribution is 0.106. The Kier molecular flexibility index (Phi) is 3.88. The molecule has 1 saturated carbocycles. The Morgan fingerprint density at radius 2 is 1.65 bits per heavy atom. The molecule has 0 aliphatic heterocycles. The molecule has 3 atom stereocenters. The first-order chi connectivity index (χ1) is 8.13. The highest BCUT2D eigenvalue weighted by atomic mass is 16.3. The summed E-state index contributed by atoms with van der Waals surface area (Å²) in [4.78, 5) is 0. The van der Waals surface area contributed by atoms with E-state index in [2.05, 4.69) is 45.0 Å². The van der Waals surface area contributed by atoms with Gasteiger partial charge in [-0.1, -0.05) is 45.0 Å². The fourth-order valence-electron chi connectivity index (χ4n) is 2.44. The van der Waals surface area contributed by atoms with Gasteiger partial charge < -0.3 is 5.11 Å². The van der Waals surface area contributed by atoms with Gasteiger partial charge in [0.2, 0.25) is 0 Å². The molecule has 0 aromatic heterocycles. The molecule has 1 aromatic carbocycles. The van der Waals surface area contributed by atoms with E-state index in [1.165, 1.54) is 24.8 Å². The Hall–Kier alpha value is -0.820. The van der Waals surface area contributed by atoms with Crippen LogP contribution in [-0.2, 0) is 0 Å². The van der Waals surface area contributed by atoms with Gasteiger partial charge in [0.1, 0.15) is 0 Å². The summed E-state index contributed by atoms with van der Waals surface area (Å²) >= 11 is 0. The fourth-order valence-corrected chi connectivity index (χ4v) is 2.44. The lowest BCUT2D eigenvalue weighted by Gasteiger charge is -2.19. The second kappa shape index (κ2) is 5.22. The van der Waals surface area contributed by atoms with E-state index in [0.717, 1.165) is 11.5 Å². The Balaban J connectivity index is 2.06. The van der Waals surface area contributed by atoms with Crippen molar-refractivity contribution >= 4 is 0 Å². The lowest BCUT2D eigenvalue weighted by Crippen LogP contribution is -2.11. The number of rotatable bonds is 5. The smallest absolute Gasteiger partial charge is 0.0818 e. The third-order valence-corrected chi connectivity index (χ3v) is 4.32. The normalized spacial score (nSPS) is 20.9. The monoisotopic (exact) mass is 232 g/mol. The van der Waals surface area contributed by atoms with Crippen LogP contribution >= 0.6 is 0 Å². The van der Waals surface area contributed by atoms with Crippen molar-refractivity contribution in [2.24, 2.45) is 11.8 Å². The van der Waals surface area contributed by atoms with Crippen LogP contribution in [0.5, 0.6) is 0 Å². The van der Waals surface area contributed by atoms with Gasteiger partial charge in [-0.3, -0.25) is 0 Å². The summed E-state index contributed by atoms with van der Waals surface area (Å²) < 4.78 is 0. The zero-order valence-corrected chi connectivity index (χ0v) is 11.2. The number of hydrogen-bond donors (Lipinski definition) is 1. The maximum atomic E-state index is 10.3. The highest BCUT2D eigenvalue weighted by Gasteiger charge is 2.32. The summed E-state index contributed by atoms with van der Waals surface area (Å²) in [7, 11) is 0. The SMILES string of the molecule is CCC(C)c1ccc(C(O)C(C)C2CC2)cc1. The molecule has 0 amide bonds. The Morgan fingerprint density at radius 3 is 2.12 bits per heavy atom. The van der Waals surface area contributed by atoms with Gasteiger partial charge >= 0.3 is 0 Å². The number of aliphatic hydroxyl groups is 1. The van der Waals surface area contributed by atoms with Gasteiger partial charge in [0.15, 0.2) is 0 Å². The molecule has 0 radical (unpaired) electrons. The van der Waals surface area contributed by atoms with Crippen molar-refractivity contribution in [1.82, 2.24) is 0 Å². The summed E-state index contributed by atoms with van der Waals surface area (Å²) in [6.45, 7) is 6.63. The van der Waals surface area contributed by atoms with E-state index in [0.29, 0.717) is 11.8 Å². The number of hydrogen-bond acceptors (Lipinski definition) is 1. The molecule has 0 bridgehead atoms. The van der Waals surface area contributed by atoms with E-state index >= 15 is 0 Å². The molecule has 1 heteroatoms. The number of benzene rings is 1. The second-order valence-corrected chi connectivity index (χ2v) is 5.62. The topological polar surface area (TPSA) is 20.2 Å². The molecule has 17 heavy (non-hydrogen) atoms. The molecule has 3 unspecified atom stereocenters. The van der Waals surface area contributed by atoms with Gasteiger partial charge in [-0.05, 0) is 48.1 Å². The first-order valence-electron chi connectivity index (χ1n) is 6.91. The Morgan fingerprint density at radius 1 is 1.12 bits per heavy atom. The van der Waals surface area contributed by atoms with Crippen molar-refractivity contribution in [3.8, 4) is 0 Å². The average Bonchev–Trinajstić information content (AvgIpc) is 3.20. The molecule has 1 N–H and O–H groups in total. The minimum Gasteiger partial charge on any atom is -0.388 e. The maximum absolute atomic E-state index is 10.3. The van der Waals surface area contributed by atoms with E-state index in [9.17, 15) is 5.11 Å². The molecular weight excluding hydrogens is 208 g/mol. The standard InChI is InChI=1S/C16H24O/c1-4-11(2)13-5-9-15(10-6-13)16(17)12(3)14-7-8-14/h5-6,9-12,14,16-17H,4,7-8H2,1-3H3. The molecule has 1 aliphatic carbocycles. The summed E-state index contributed by atoms with van der Waals surface area (Å²) in [5, 5.41) is 10.3. The predicted octanol–water partition coefficient (Wildman–Crippen LogP) is 4.28. The van der Waals surface area contributed by atoms with Gasteiger partial charge in [0, 0.05) is 0 Å². The molecule has 1 aromatic rings.